The summed E-state index contributed by atoms with van der Waals surface area (Å²) in [6, 6.07) is 15.8. The Hall–Kier alpha value is -2.95. The third kappa shape index (κ3) is 3.76. The number of rotatable bonds is 5. The lowest BCUT2D eigenvalue weighted by atomic mass is 9.97. The number of hydrogen-bond acceptors (Lipinski definition) is 4. The summed E-state index contributed by atoms with van der Waals surface area (Å²) in [5, 5.41) is 7.92. The monoisotopic (exact) mass is 335 g/mol. The van der Waals surface area contributed by atoms with Gasteiger partial charge in [0.2, 0.25) is 11.8 Å². The maximum atomic E-state index is 12.9. The molecule has 1 aromatic heterocycles. The number of amides is 1. The Morgan fingerprint density at radius 2 is 1.84 bits per heavy atom. The average Bonchev–Trinajstić information content (AvgIpc) is 3.08. The Bertz CT molecular complexity index is 886. The van der Waals surface area contributed by atoms with E-state index in [1.165, 1.54) is 0 Å². The zero-order valence-electron chi connectivity index (χ0n) is 14.7. The summed E-state index contributed by atoms with van der Waals surface area (Å²) in [7, 11) is 1.74. The molecule has 1 heterocycles. The lowest BCUT2D eigenvalue weighted by Crippen LogP contribution is -2.26. The number of carbonyl (C=O) groups is 1. The standard InChI is InChI=1S/C20H21N3O2/c1-4-18-21-22-19(25-18)13-23(3)20(24)17-11-6-5-10-16(17)15-9-7-8-14(2)12-15/h5-12H,4,13H2,1-3H3. The summed E-state index contributed by atoms with van der Waals surface area (Å²) in [5.74, 6) is 0.949. The minimum absolute atomic E-state index is 0.0756. The molecule has 0 saturated heterocycles. The molecule has 5 nitrogen and oxygen atoms in total. The Morgan fingerprint density at radius 1 is 1.08 bits per heavy atom. The van der Waals surface area contributed by atoms with E-state index < -0.39 is 0 Å². The summed E-state index contributed by atoms with van der Waals surface area (Å²) < 4.78 is 5.50. The second kappa shape index (κ2) is 7.30. The number of hydrogen-bond donors (Lipinski definition) is 0. The Morgan fingerprint density at radius 3 is 2.56 bits per heavy atom. The van der Waals surface area contributed by atoms with Gasteiger partial charge in [0.15, 0.2) is 0 Å². The van der Waals surface area contributed by atoms with E-state index in [9.17, 15) is 4.79 Å². The van der Waals surface area contributed by atoms with Gasteiger partial charge in [-0.25, -0.2) is 0 Å². The first-order valence-corrected chi connectivity index (χ1v) is 8.31. The topological polar surface area (TPSA) is 59.2 Å². The van der Waals surface area contributed by atoms with Crippen LogP contribution in [0.5, 0.6) is 0 Å². The minimum atomic E-state index is -0.0756. The van der Waals surface area contributed by atoms with Crippen molar-refractivity contribution in [2.24, 2.45) is 0 Å². The van der Waals surface area contributed by atoms with Gasteiger partial charge in [0.25, 0.3) is 5.91 Å². The fourth-order valence-corrected chi connectivity index (χ4v) is 2.71. The van der Waals surface area contributed by atoms with Crippen LogP contribution < -0.4 is 0 Å². The van der Waals surface area contributed by atoms with Crippen LogP contribution in [0.2, 0.25) is 0 Å². The number of nitrogens with zero attached hydrogens (tertiary/aromatic N) is 3. The molecule has 0 N–H and O–H groups in total. The Balaban J connectivity index is 1.87. The molecule has 3 rings (SSSR count). The lowest BCUT2D eigenvalue weighted by Gasteiger charge is -2.17. The summed E-state index contributed by atoms with van der Waals surface area (Å²) in [6.07, 6.45) is 0.681. The van der Waals surface area contributed by atoms with E-state index in [4.69, 9.17) is 4.42 Å². The number of aromatic nitrogens is 2. The van der Waals surface area contributed by atoms with Crippen LogP contribution >= 0.6 is 0 Å². The summed E-state index contributed by atoms with van der Waals surface area (Å²) >= 11 is 0. The zero-order chi connectivity index (χ0) is 17.8. The highest BCUT2D eigenvalue weighted by molar-refractivity contribution is 6.00. The van der Waals surface area contributed by atoms with Crippen LogP contribution in [0.3, 0.4) is 0 Å². The average molecular weight is 335 g/mol. The molecule has 128 valence electrons. The number of aryl methyl sites for hydroxylation is 2. The van der Waals surface area contributed by atoms with Crippen LogP contribution in [0.15, 0.2) is 52.9 Å². The Labute approximate surface area is 147 Å². The molecule has 0 spiro atoms. The van der Waals surface area contributed by atoms with E-state index in [-0.39, 0.29) is 12.5 Å². The first-order chi connectivity index (χ1) is 12.1. The molecule has 0 radical (unpaired) electrons. The molecule has 2 aromatic carbocycles. The highest BCUT2D eigenvalue weighted by Crippen LogP contribution is 2.25. The van der Waals surface area contributed by atoms with E-state index >= 15 is 0 Å². The van der Waals surface area contributed by atoms with Crippen LogP contribution in [-0.4, -0.2) is 28.1 Å². The second-order valence-electron chi connectivity index (χ2n) is 6.02. The van der Waals surface area contributed by atoms with Crippen LogP contribution in [0.4, 0.5) is 0 Å². The predicted octanol–water partition coefficient (Wildman–Crippen LogP) is 3.88. The van der Waals surface area contributed by atoms with Crippen molar-refractivity contribution in [3.05, 3.63) is 71.4 Å². The maximum Gasteiger partial charge on any atom is 0.254 e. The first kappa shape index (κ1) is 16.9. The molecule has 1 amide bonds. The van der Waals surface area contributed by atoms with Crippen molar-refractivity contribution in [3.63, 3.8) is 0 Å². The molecule has 0 aliphatic heterocycles. The first-order valence-electron chi connectivity index (χ1n) is 8.31. The van der Waals surface area contributed by atoms with E-state index in [2.05, 4.69) is 16.3 Å². The summed E-state index contributed by atoms with van der Waals surface area (Å²) in [5.41, 5.74) is 3.77. The van der Waals surface area contributed by atoms with Gasteiger partial charge in [-0.1, -0.05) is 55.0 Å². The summed E-state index contributed by atoms with van der Waals surface area (Å²) in [6.45, 7) is 4.28. The third-order valence-corrected chi connectivity index (χ3v) is 4.02. The molecule has 25 heavy (non-hydrogen) atoms. The molecule has 0 aliphatic carbocycles. The van der Waals surface area contributed by atoms with Gasteiger partial charge in [0.05, 0.1) is 6.54 Å². The fraction of sp³-hybridized carbons (Fsp3) is 0.250. The molecule has 5 heteroatoms. The molecule has 0 saturated carbocycles. The van der Waals surface area contributed by atoms with Crippen molar-refractivity contribution in [3.8, 4) is 11.1 Å². The van der Waals surface area contributed by atoms with Crippen molar-refractivity contribution in [1.29, 1.82) is 0 Å². The van der Waals surface area contributed by atoms with Crippen molar-refractivity contribution in [1.82, 2.24) is 15.1 Å². The van der Waals surface area contributed by atoms with Gasteiger partial charge in [-0.2, -0.15) is 0 Å². The van der Waals surface area contributed by atoms with E-state index in [1.807, 2.05) is 56.3 Å². The van der Waals surface area contributed by atoms with Crippen molar-refractivity contribution in [2.45, 2.75) is 26.8 Å². The quantitative estimate of drug-likeness (QED) is 0.710. The SMILES string of the molecule is CCc1nnc(CN(C)C(=O)c2ccccc2-c2cccc(C)c2)o1. The molecular formula is C20H21N3O2. The molecule has 0 bridgehead atoms. The highest BCUT2D eigenvalue weighted by atomic mass is 16.4. The van der Waals surface area contributed by atoms with Gasteiger partial charge in [0.1, 0.15) is 0 Å². The van der Waals surface area contributed by atoms with Gasteiger partial charge >= 0.3 is 0 Å². The van der Waals surface area contributed by atoms with Gasteiger partial charge < -0.3 is 9.32 Å². The molecular weight excluding hydrogens is 314 g/mol. The zero-order valence-corrected chi connectivity index (χ0v) is 14.7. The molecule has 0 unspecified atom stereocenters. The van der Waals surface area contributed by atoms with Gasteiger partial charge in [-0.05, 0) is 24.1 Å². The number of carbonyl (C=O) groups excluding carboxylic acids is 1. The van der Waals surface area contributed by atoms with Crippen LogP contribution in [-0.2, 0) is 13.0 Å². The van der Waals surface area contributed by atoms with Crippen molar-refractivity contribution >= 4 is 5.91 Å². The lowest BCUT2D eigenvalue weighted by molar-refractivity contribution is 0.0773. The fourth-order valence-electron chi connectivity index (χ4n) is 2.71. The molecule has 0 atom stereocenters. The van der Waals surface area contributed by atoms with Crippen LogP contribution in [0.1, 0.15) is 34.6 Å². The molecule has 0 aliphatic rings. The van der Waals surface area contributed by atoms with Crippen LogP contribution in [0.25, 0.3) is 11.1 Å². The molecule has 3 aromatic rings. The van der Waals surface area contributed by atoms with Gasteiger partial charge in [-0.3, -0.25) is 4.79 Å². The second-order valence-corrected chi connectivity index (χ2v) is 6.02. The number of benzene rings is 2. The third-order valence-electron chi connectivity index (χ3n) is 4.02. The molecule has 0 fully saturated rings. The van der Waals surface area contributed by atoms with E-state index in [0.717, 1.165) is 16.7 Å². The van der Waals surface area contributed by atoms with E-state index in [1.54, 1.807) is 11.9 Å². The highest BCUT2D eigenvalue weighted by Gasteiger charge is 2.18. The van der Waals surface area contributed by atoms with Crippen molar-refractivity contribution < 1.29 is 9.21 Å². The normalized spacial score (nSPS) is 10.7. The summed E-state index contributed by atoms with van der Waals surface area (Å²) in [4.78, 5) is 14.5. The minimum Gasteiger partial charge on any atom is -0.423 e. The van der Waals surface area contributed by atoms with Gasteiger partial charge in [0, 0.05) is 19.0 Å². The predicted molar refractivity (Wildman–Crippen MR) is 96.1 cm³/mol. The van der Waals surface area contributed by atoms with Crippen LogP contribution in [0, 0.1) is 6.92 Å². The smallest absolute Gasteiger partial charge is 0.254 e. The van der Waals surface area contributed by atoms with Gasteiger partial charge in [-0.15, -0.1) is 10.2 Å². The van der Waals surface area contributed by atoms with Crippen molar-refractivity contribution in [2.75, 3.05) is 7.05 Å². The Kier molecular flexibility index (Phi) is 4.93. The van der Waals surface area contributed by atoms with E-state index in [0.29, 0.717) is 23.8 Å². The largest absolute Gasteiger partial charge is 0.423 e. The maximum absolute atomic E-state index is 12.9.